The van der Waals surface area contributed by atoms with Gasteiger partial charge >= 0.3 is 11.9 Å². The van der Waals surface area contributed by atoms with Gasteiger partial charge in [0.25, 0.3) is 11.6 Å². The highest BCUT2D eigenvalue weighted by molar-refractivity contribution is 6.06. The number of nitro groups is 1. The van der Waals surface area contributed by atoms with Crippen LogP contribution in [0.5, 0.6) is 0 Å². The quantitative estimate of drug-likeness (QED) is 0.341. The van der Waals surface area contributed by atoms with Gasteiger partial charge < -0.3 is 20.1 Å². The fourth-order valence-corrected chi connectivity index (χ4v) is 2.96. The van der Waals surface area contributed by atoms with Gasteiger partial charge in [0.15, 0.2) is 0 Å². The fraction of sp³-hybridized carbons (Fsp3) is 0.318. The zero-order valence-corrected chi connectivity index (χ0v) is 17.7. The molecule has 2 N–H and O–H groups in total. The maximum Gasteiger partial charge on any atom is 0.338 e. The Hall–Kier alpha value is -3.95. The van der Waals surface area contributed by atoms with Crippen molar-refractivity contribution in [1.82, 2.24) is 0 Å². The lowest BCUT2D eigenvalue weighted by atomic mass is 10.1. The lowest BCUT2D eigenvalue weighted by molar-refractivity contribution is -0.384. The molecule has 10 heteroatoms. The van der Waals surface area contributed by atoms with Crippen LogP contribution in [0.3, 0.4) is 0 Å². The van der Waals surface area contributed by atoms with E-state index in [2.05, 4.69) is 10.6 Å². The molecule has 2 aromatic rings. The molecule has 0 radical (unpaired) electrons. The summed E-state index contributed by atoms with van der Waals surface area (Å²) in [6.07, 6.45) is 1.89. The normalized spacial score (nSPS) is 12.6. The number of esters is 2. The number of nitrogens with zero attached hydrogens (tertiary/aromatic N) is 1. The number of benzene rings is 2. The Kier molecular flexibility index (Phi) is 7.04. The molecule has 0 bridgehead atoms. The van der Waals surface area contributed by atoms with Crippen molar-refractivity contribution in [3.8, 4) is 0 Å². The number of ether oxygens (including phenoxy) is 2. The average Bonchev–Trinajstić information content (AvgIpc) is 3.58. The van der Waals surface area contributed by atoms with Crippen LogP contribution in [0, 0.1) is 10.1 Å². The molecule has 0 saturated heterocycles. The zero-order chi connectivity index (χ0) is 23.3. The fourth-order valence-electron chi connectivity index (χ4n) is 2.96. The van der Waals surface area contributed by atoms with E-state index in [0.29, 0.717) is 5.69 Å². The number of nitrogens with one attached hydrogen (secondary N) is 2. The third-order valence-electron chi connectivity index (χ3n) is 4.61. The summed E-state index contributed by atoms with van der Waals surface area (Å²) in [5, 5.41) is 17.1. The molecule has 0 spiro atoms. The molecule has 32 heavy (non-hydrogen) atoms. The number of carbonyl (C=O) groups is 3. The number of rotatable bonds is 9. The van der Waals surface area contributed by atoms with Crippen molar-refractivity contribution in [2.24, 2.45) is 0 Å². The molecular formula is C22H23N3O7. The van der Waals surface area contributed by atoms with Crippen molar-refractivity contribution in [3.63, 3.8) is 0 Å². The van der Waals surface area contributed by atoms with Gasteiger partial charge in [-0.2, -0.15) is 0 Å². The molecule has 1 aliphatic carbocycles. The molecule has 1 saturated carbocycles. The summed E-state index contributed by atoms with van der Waals surface area (Å²) < 4.78 is 9.95. The van der Waals surface area contributed by atoms with Crippen LogP contribution >= 0.6 is 0 Å². The third kappa shape index (κ3) is 5.60. The number of amides is 1. The Morgan fingerprint density at radius 2 is 1.56 bits per heavy atom. The lowest BCUT2D eigenvalue weighted by Crippen LogP contribution is -2.15. The summed E-state index contributed by atoms with van der Waals surface area (Å²) in [7, 11) is 0. The Morgan fingerprint density at radius 3 is 2.06 bits per heavy atom. The van der Waals surface area contributed by atoms with Gasteiger partial charge in [0, 0.05) is 23.4 Å². The van der Waals surface area contributed by atoms with Gasteiger partial charge in [-0.15, -0.1) is 0 Å². The molecule has 0 aliphatic heterocycles. The Labute approximate surface area is 184 Å². The van der Waals surface area contributed by atoms with Crippen LogP contribution in [-0.2, 0) is 9.47 Å². The van der Waals surface area contributed by atoms with Crippen molar-refractivity contribution in [2.75, 3.05) is 23.8 Å². The highest BCUT2D eigenvalue weighted by atomic mass is 16.6. The van der Waals surface area contributed by atoms with Crippen LogP contribution in [0.25, 0.3) is 0 Å². The summed E-state index contributed by atoms with van der Waals surface area (Å²) >= 11 is 0. The molecule has 168 valence electrons. The first-order chi connectivity index (χ1) is 15.3. The van der Waals surface area contributed by atoms with Crippen LogP contribution in [0.1, 0.15) is 57.8 Å². The van der Waals surface area contributed by atoms with Gasteiger partial charge in [-0.1, -0.05) is 0 Å². The maximum atomic E-state index is 12.8. The minimum atomic E-state index is -0.666. The smallest absolute Gasteiger partial charge is 0.338 e. The zero-order valence-electron chi connectivity index (χ0n) is 17.7. The molecule has 1 amide bonds. The van der Waals surface area contributed by atoms with E-state index >= 15 is 0 Å². The molecule has 2 aromatic carbocycles. The van der Waals surface area contributed by atoms with Crippen molar-refractivity contribution in [1.29, 1.82) is 0 Å². The second-order valence-electron chi connectivity index (χ2n) is 7.10. The first-order valence-corrected chi connectivity index (χ1v) is 10.2. The van der Waals surface area contributed by atoms with Crippen molar-refractivity contribution >= 4 is 34.9 Å². The lowest BCUT2D eigenvalue weighted by Gasteiger charge is -2.11. The van der Waals surface area contributed by atoms with Gasteiger partial charge in [-0.25, -0.2) is 9.59 Å². The second-order valence-corrected chi connectivity index (χ2v) is 7.10. The van der Waals surface area contributed by atoms with Gasteiger partial charge in [0.1, 0.15) is 5.69 Å². The van der Waals surface area contributed by atoms with Crippen LogP contribution in [-0.4, -0.2) is 42.0 Å². The van der Waals surface area contributed by atoms with Crippen LogP contribution in [0.2, 0.25) is 0 Å². The Morgan fingerprint density at radius 1 is 0.969 bits per heavy atom. The van der Waals surface area contributed by atoms with E-state index in [1.54, 1.807) is 13.8 Å². The van der Waals surface area contributed by atoms with E-state index in [0.717, 1.165) is 12.8 Å². The van der Waals surface area contributed by atoms with Gasteiger partial charge in [-0.3, -0.25) is 14.9 Å². The monoisotopic (exact) mass is 441 g/mol. The summed E-state index contributed by atoms with van der Waals surface area (Å²) in [4.78, 5) is 48.0. The Balaban J connectivity index is 1.88. The summed E-state index contributed by atoms with van der Waals surface area (Å²) in [5.74, 6) is -1.97. The summed E-state index contributed by atoms with van der Waals surface area (Å²) in [6, 6.07) is 8.38. The molecule has 1 aliphatic rings. The largest absolute Gasteiger partial charge is 0.462 e. The van der Waals surface area contributed by atoms with E-state index in [1.807, 2.05) is 0 Å². The van der Waals surface area contributed by atoms with Crippen molar-refractivity contribution in [2.45, 2.75) is 32.7 Å². The molecule has 10 nitrogen and oxygen atoms in total. The summed E-state index contributed by atoms with van der Waals surface area (Å²) in [6.45, 7) is 3.55. The highest BCUT2D eigenvalue weighted by Crippen LogP contribution is 2.31. The first kappa shape index (κ1) is 22.7. The number of hydrogen-bond acceptors (Lipinski definition) is 8. The molecule has 0 atom stereocenters. The van der Waals surface area contributed by atoms with E-state index < -0.39 is 22.8 Å². The van der Waals surface area contributed by atoms with Gasteiger partial charge in [0.05, 0.1) is 29.3 Å². The van der Waals surface area contributed by atoms with E-state index in [9.17, 15) is 24.5 Å². The van der Waals surface area contributed by atoms with E-state index in [-0.39, 0.29) is 47.3 Å². The van der Waals surface area contributed by atoms with Crippen molar-refractivity contribution in [3.05, 3.63) is 63.2 Å². The Bertz CT molecular complexity index is 1030. The molecule has 0 unspecified atom stereocenters. The molecule has 0 heterocycles. The van der Waals surface area contributed by atoms with E-state index in [1.165, 1.54) is 36.4 Å². The van der Waals surface area contributed by atoms with Crippen molar-refractivity contribution < 1.29 is 28.8 Å². The predicted molar refractivity (Wildman–Crippen MR) is 116 cm³/mol. The molecule has 1 fully saturated rings. The van der Waals surface area contributed by atoms with Crippen LogP contribution in [0.15, 0.2) is 36.4 Å². The second kappa shape index (κ2) is 9.90. The average molecular weight is 441 g/mol. The number of carbonyl (C=O) groups excluding carboxylic acids is 3. The molecule has 3 rings (SSSR count). The number of hydrogen-bond donors (Lipinski definition) is 2. The minimum Gasteiger partial charge on any atom is -0.462 e. The van der Waals surface area contributed by atoms with Gasteiger partial charge in [0.2, 0.25) is 0 Å². The highest BCUT2D eigenvalue weighted by Gasteiger charge is 2.26. The van der Waals surface area contributed by atoms with Crippen LogP contribution < -0.4 is 10.6 Å². The molecule has 0 aromatic heterocycles. The summed E-state index contributed by atoms with van der Waals surface area (Å²) in [5.41, 5.74) is 0.453. The van der Waals surface area contributed by atoms with Crippen LogP contribution in [0.4, 0.5) is 17.1 Å². The third-order valence-corrected chi connectivity index (χ3v) is 4.61. The number of anilines is 2. The minimum absolute atomic E-state index is 0.0530. The molecular weight excluding hydrogens is 418 g/mol. The first-order valence-electron chi connectivity index (χ1n) is 10.2. The van der Waals surface area contributed by atoms with E-state index in [4.69, 9.17) is 9.47 Å². The SMILES string of the molecule is CCOC(=O)c1cc(NC(=O)c2ccc(NC3CC3)c([N+](=O)[O-])c2)cc(C(=O)OCC)c1. The number of nitro benzene ring substituents is 1. The van der Waals surface area contributed by atoms with Gasteiger partial charge in [-0.05, 0) is 57.0 Å². The predicted octanol–water partition coefficient (Wildman–Crippen LogP) is 3.77. The topological polar surface area (TPSA) is 137 Å². The maximum absolute atomic E-state index is 12.8. The standard InChI is InChI=1S/C22H23N3O7/c1-3-31-21(27)14-9-15(22(28)32-4-2)11-17(10-14)24-20(26)13-5-8-18(23-16-6-7-16)19(12-13)25(29)30/h5,8-12,16,23H,3-4,6-7H2,1-2H3,(H,24,26).